The monoisotopic (exact) mass is 283 g/mol. The molecule has 0 bridgehead atoms. The molecule has 2 aromatic rings. The van der Waals surface area contributed by atoms with Gasteiger partial charge >= 0.3 is 0 Å². The van der Waals surface area contributed by atoms with Gasteiger partial charge in [0.25, 0.3) is 0 Å². The van der Waals surface area contributed by atoms with Crippen molar-refractivity contribution in [2.45, 2.75) is 0 Å². The third-order valence-electron chi connectivity index (χ3n) is 1.84. The van der Waals surface area contributed by atoms with Crippen LogP contribution in [0.4, 0.5) is 0 Å². The summed E-state index contributed by atoms with van der Waals surface area (Å²) in [7, 11) is 0. The van der Waals surface area contributed by atoms with Crippen LogP contribution in [0.3, 0.4) is 0 Å². The van der Waals surface area contributed by atoms with Crippen molar-refractivity contribution in [1.82, 2.24) is 4.98 Å². The first-order chi connectivity index (χ1) is 6.29. The molecule has 0 aliphatic heterocycles. The van der Waals surface area contributed by atoms with E-state index in [0.717, 1.165) is 10.9 Å². The van der Waals surface area contributed by atoms with Crippen molar-refractivity contribution in [1.29, 1.82) is 0 Å². The Hall–Kier alpha value is -0.970. The lowest BCUT2D eigenvalue weighted by Crippen LogP contribution is -1.91. The first-order valence-electron chi connectivity index (χ1n) is 3.82. The number of para-hydroxylation sites is 1. The third kappa shape index (κ3) is 1.56. The highest BCUT2D eigenvalue weighted by molar-refractivity contribution is 14.1. The van der Waals surface area contributed by atoms with Gasteiger partial charge in [-0.25, -0.2) is 0 Å². The highest BCUT2D eigenvalue weighted by Gasteiger charge is 2.05. The molecule has 0 N–H and O–H groups in total. The van der Waals surface area contributed by atoms with Gasteiger partial charge in [-0.3, -0.25) is 9.78 Å². The standard InChI is InChI=1S/C10H6INO/c11-10(13)8-5-1-3-7-4-2-6-12-9(7)8/h1-6H. The summed E-state index contributed by atoms with van der Waals surface area (Å²) < 4.78 is 0.0295. The quantitative estimate of drug-likeness (QED) is 0.595. The summed E-state index contributed by atoms with van der Waals surface area (Å²) in [5, 5.41) is 1.00. The molecule has 0 aliphatic carbocycles. The van der Waals surface area contributed by atoms with Gasteiger partial charge in [0.2, 0.25) is 3.79 Å². The van der Waals surface area contributed by atoms with Gasteiger partial charge in [0.15, 0.2) is 0 Å². The summed E-state index contributed by atoms with van der Waals surface area (Å²) in [6.45, 7) is 0. The van der Waals surface area contributed by atoms with Crippen molar-refractivity contribution >= 4 is 37.3 Å². The molecule has 2 nitrogen and oxygen atoms in total. The Bertz CT molecular complexity index is 462. The van der Waals surface area contributed by atoms with E-state index in [4.69, 9.17) is 0 Å². The molecule has 0 unspecified atom stereocenters. The summed E-state index contributed by atoms with van der Waals surface area (Å²) >= 11 is 1.78. The average molecular weight is 283 g/mol. The van der Waals surface area contributed by atoms with Gasteiger partial charge in [-0.15, -0.1) is 0 Å². The Morgan fingerprint density at radius 3 is 2.77 bits per heavy atom. The minimum absolute atomic E-state index is 0.0295. The maximum Gasteiger partial charge on any atom is 0.224 e. The van der Waals surface area contributed by atoms with Crippen LogP contribution >= 0.6 is 22.6 Å². The highest BCUT2D eigenvalue weighted by Crippen LogP contribution is 2.18. The third-order valence-corrected chi connectivity index (χ3v) is 2.43. The first kappa shape index (κ1) is 8.62. The largest absolute Gasteiger partial charge is 0.282 e. The van der Waals surface area contributed by atoms with E-state index in [-0.39, 0.29) is 3.79 Å². The van der Waals surface area contributed by atoms with Crippen LogP contribution in [0.15, 0.2) is 36.5 Å². The van der Waals surface area contributed by atoms with E-state index in [1.165, 1.54) is 0 Å². The number of aromatic nitrogens is 1. The van der Waals surface area contributed by atoms with Crippen molar-refractivity contribution in [2.24, 2.45) is 0 Å². The molecule has 0 aliphatic rings. The molecule has 1 aromatic heterocycles. The second kappa shape index (κ2) is 3.41. The number of rotatable bonds is 1. The lowest BCUT2D eigenvalue weighted by atomic mass is 10.1. The summed E-state index contributed by atoms with van der Waals surface area (Å²) in [6, 6.07) is 9.43. The lowest BCUT2D eigenvalue weighted by Gasteiger charge is -1.99. The maximum absolute atomic E-state index is 11.2. The molecule has 1 aromatic carbocycles. The molecule has 0 atom stereocenters. The summed E-state index contributed by atoms with van der Waals surface area (Å²) in [6.07, 6.45) is 1.70. The zero-order valence-corrected chi connectivity index (χ0v) is 8.86. The molecule has 64 valence electrons. The van der Waals surface area contributed by atoms with Crippen molar-refractivity contribution in [3.05, 3.63) is 42.1 Å². The van der Waals surface area contributed by atoms with Gasteiger partial charge in [-0.2, -0.15) is 0 Å². The Kier molecular flexibility index (Phi) is 2.26. The summed E-state index contributed by atoms with van der Waals surface area (Å²) in [4.78, 5) is 15.4. The van der Waals surface area contributed by atoms with Crippen LogP contribution in [-0.2, 0) is 0 Å². The van der Waals surface area contributed by atoms with E-state index in [1.54, 1.807) is 34.9 Å². The minimum atomic E-state index is 0.0295. The van der Waals surface area contributed by atoms with Gasteiger partial charge in [0.1, 0.15) is 0 Å². The SMILES string of the molecule is O=C(I)c1cccc2cccnc12. The Morgan fingerprint density at radius 2 is 2.00 bits per heavy atom. The number of halogens is 1. The number of benzene rings is 1. The number of nitrogens with zero attached hydrogens (tertiary/aromatic N) is 1. The molecule has 2 rings (SSSR count). The van der Waals surface area contributed by atoms with E-state index in [2.05, 4.69) is 4.98 Å². The summed E-state index contributed by atoms with van der Waals surface area (Å²) in [5.74, 6) is 0. The first-order valence-corrected chi connectivity index (χ1v) is 4.90. The van der Waals surface area contributed by atoms with Crippen molar-refractivity contribution in [3.63, 3.8) is 0 Å². The molecule has 0 spiro atoms. The van der Waals surface area contributed by atoms with E-state index >= 15 is 0 Å². The smallest absolute Gasteiger partial charge is 0.224 e. The molecular weight excluding hydrogens is 277 g/mol. The van der Waals surface area contributed by atoms with Crippen LogP contribution in [-0.4, -0.2) is 8.77 Å². The number of hydrogen-bond acceptors (Lipinski definition) is 2. The van der Waals surface area contributed by atoms with Crippen molar-refractivity contribution in [2.75, 3.05) is 0 Å². The topological polar surface area (TPSA) is 30.0 Å². The van der Waals surface area contributed by atoms with Gasteiger partial charge in [-0.1, -0.05) is 18.2 Å². The predicted octanol–water partition coefficient (Wildman–Crippen LogP) is 2.81. The number of hydrogen-bond donors (Lipinski definition) is 0. The average Bonchev–Trinajstić information content (AvgIpc) is 2.17. The van der Waals surface area contributed by atoms with Gasteiger partial charge < -0.3 is 0 Å². The van der Waals surface area contributed by atoms with Crippen LogP contribution in [0, 0.1) is 0 Å². The Labute approximate surface area is 89.1 Å². The predicted molar refractivity (Wildman–Crippen MR) is 60.1 cm³/mol. The zero-order valence-electron chi connectivity index (χ0n) is 6.70. The molecule has 13 heavy (non-hydrogen) atoms. The van der Waals surface area contributed by atoms with Gasteiger partial charge in [0, 0.05) is 34.2 Å². The molecule has 0 saturated heterocycles. The van der Waals surface area contributed by atoms with E-state index in [1.807, 2.05) is 24.3 Å². The fourth-order valence-corrected chi connectivity index (χ4v) is 1.70. The minimum Gasteiger partial charge on any atom is -0.282 e. The van der Waals surface area contributed by atoms with E-state index in [0.29, 0.717) is 5.56 Å². The van der Waals surface area contributed by atoms with E-state index < -0.39 is 0 Å². The van der Waals surface area contributed by atoms with Gasteiger partial charge in [0.05, 0.1) is 11.1 Å². The van der Waals surface area contributed by atoms with Crippen molar-refractivity contribution < 1.29 is 4.79 Å². The van der Waals surface area contributed by atoms with Crippen molar-refractivity contribution in [3.8, 4) is 0 Å². The van der Waals surface area contributed by atoms with Crippen LogP contribution in [0.25, 0.3) is 10.9 Å². The lowest BCUT2D eigenvalue weighted by molar-refractivity contribution is 0.110. The Morgan fingerprint density at radius 1 is 1.23 bits per heavy atom. The molecule has 3 heteroatoms. The number of carbonyl (C=O) groups is 1. The molecule has 0 radical (unpaired) electrons. The number of fused-ring (bicyclic) bond motifs is 1. The normalized spacial score (nSPS) is 10.2. The number of pyridine rings is 1. The molecule has 1 heterocycles. The van der Waals surface area contributed by atoms with Crippen LogP contribution < -0.4 is 0 Å². The fraction of sp³-hybridized carbons (Fsp3) is 0. The second-order valence-electron chi connectivity index (χ2n) is 2.65. The van der Waals surface area contributed by atoms with Crippen LogP contribution in [0.5, 0.6) is 0 Å². The van der Waals surface area contributed by atoms with Crippen LogP contribution in [0.1, 0.15) is 10.4 Å². The fourth-order valence-electron chi connectivity index (χ4n) is 1.26. The second-order valence-corrected chi connectivity index (χ2v) is 3.63. The molecule has 0 amide bonds. The molecular formula is C10H6INO. The Balaban J connectivity index is 2.83. The highest BCUT2D eigenvalue weighted by atomic mass is 127. The van der Waals surface area contributed by atoms with E-state index in [9.17, 15) is 4.79 Å². The van der Waals surface area contributed by atoms with Crippen LogP contribution in [0.2, 0.25) is 0 Å². The molecule has 0 saturated carbocycles. The van der Waals surface area contributed by atoms with Gasteiger partial charge in [-0.05, 0) is 12.1 Å². The molecule has 0 fully saturated rings. The zero-order chi connectivity index (χ0) is 9.26. The maximum atomic E-state index is 11.2. The summed E-state index contributed by atoms with van der Waals surface area (Å²) in [5.41, 5.74) is 1.46. The number of carbonyl (C=O) groups excluding carboxylic acids is 1.